The molecule has 2 aromatic carbocycles. The van der Waals surface area contributed by atoms with Crippen molar-refractivity contribution in [3.63, 3.8) is 0 Å². The number of nitro benzene ring substituents is 1. The summed E-state index contributed by atoms with van der Waals surface area (Å²) < 4.78 is 29.2. The SMILES string of the molecule is Cc1ccc(S(=O)(=O)Nc2cc(Cl)ccc2-n2cncn2)cc1[N+](=O)[O-]. The van der Waals surface area contributed by atoms with Crippen molar-refractivity contribution in [1.82, 2.24) is 14.8 Å². The molecular formula is C15H12ClN5O4S. The number of sulfonamides is 1. The van der Waals surface area contributed by atoms with Gasteiger partial charge in [-0.2, -0.15) is 5.10 Å². The number of benzene rings is 2. The van der Waals surface area contributed by atoms with Crippen molar-refractivity contribution in [3.8, 4) is 5.69 Å². The molecule has 0 spiro atoms. The van der Waals surface area contributed by atoms with Gasteiger partial charge in [0.2, 0.25) is 0 Å². The first-order valence-corrected chi connectivity index (χ1v) is 9.06. The summed E-state index contributed by atoms with van der Waals surface area (Å²) in [4.78, 5) is 14.0. The third-order valence-corrected chi connectivity index (χ3v) is 5.15. The van der Waals surface area contributed by atoms with Gasteiger partial charge in [-0.3, -0.25) is 14.8 Å². The Hall–Kier alpha value is -2.98. The number of aryl methyl sites for hydroxylation is 1. The van der Waals surface area contributed by atoms with E-state index in [1.54, 1.807) is 12.1 Å². The van der Waals surface area contributed by atoms with Crippen LogP contribution in [0.5, 0.6) is 0 Å². The third-order valence-electron chi connectivity index (χ3n) is 3.56. The first-order valence-electron chi connectivity index (χ1n) is 7.20. The Kier molecular flexibility index (Phi) is 4.62. The van der Waals surface area contributed by atoms with E-state index >= 15 is 0 Å². The maximum absolute atomic E-state index is 12.7. The summed E-state index contributed by atoms with van der Waals surface area (Å²) in [5, 5.41) is 15.3. The zero-order valence-electron chi connectivity index (χ0n) is 13.3. The maximum Gasteiger partial charge on any atom is 0.273 e. The zero-order chi connectivity index (χ0) is 18.9. The fourth-order valence-corrected chi connectivity index (χ4v) is 3.54. The number of hydrogen-bond acceptors (Lipinski definition) is 6. The molecule has 11 heteroatoms. The molecule has 0 aliphatic carbocycles. The number of halogens is 1. The first-order chi connectivity index (χ1) is 12.3. The van der Waals surface area contributed by atoms with Crippen LogP contribution in [0, 0.1) is 17.0 Å². The van der Waals surface area contributed by atoms with Crippen LogP contribution in [0.2, 0.25) is 5.02 Å². The summed E-state index contributed by atoms with van der Waals surface area (Å²) >= 11 is 5.97. The predicted octanol–water partition coefficient (Wildman–Crippen LogP) is 2.94. The van der Waals surface area contributed by atoms with E-state index < -0.39 is 14.9 Å². The molecule has 134 valence electrons. The van der Waals surface area contributed by atoms with Crippen LogP contribution in [0.1, 0.15) is 5.56 Å². The molecule has 3 aromatic rings. The second kappa shape index (κ2) is 6.73. The molecule has 0 aliphatic heterocycles. The number of nitro groups is 1. The van der Waals surface area contributed by atoms with Crippen molar-refractivity contribution in [2.45, 2.75) is 11.8 Å². The number of hydrogen-bond donors (Lipinski definition) is 1. The van der Waals surface area contributed by atoms with Gasteiger partial charge in [-0.1, -0.05) is 17.7 Å². The molecule has 0 atom stereocenters. The predicted molar refractivity (Wildman–Crippen MR) is 95.0 cm³/mol. The van der Waals surface area contributed by atoms with Crippen molar-refractivity contribution in [1.29, 1.82) is 0 Å². The fourth-order valence-electron chi connectivity index (χ4n) is 2.28. The Morgan fingerprint density at radius 3 is 2.65 bits per heavy atom. The highest BCUT2D eigenvalue weighted by molar-refractivity contribution is 7.92. The van der Waals surface area contributed by atoms with Crippen molar-refractivity contribution in [2.75, 3.05) is 4.72 Å². The van der Waals surface area contributed by atoms with E-state index in [-0.39, 0.29) is 16.3 Å². The van der Waals surface area contributed by atoms with E-state index in [9.17, 15) is 18.5 Å². The Bertz CT molecular complexity index is 1080. The molecule has 0 saturated heterocycles. The second-order valence-electron chi connectivity index (χ2n) is 5.31. The molecule has 1 heterocycles. The summed E-state index contributed by atoms with van der Waals surface area (Å²) in [7, 11) is -4.09. The summed E-state index contributed by atoms with van der Waals surface area (Å²) in [6, 6.07) is 8.25. The van der Waals surface area contributed by atoms with Crippen LogP contribution in [-0.4, -0.2) is 28.1 Å². The Morgan fingerprint density at radius 1 is 1.23 bits per heavy atom. The highest BCUT2D eigenvalue weighted by Crippen LogP contribution is 2.28. The summed E-state index contributed by atoms with van der Waals surface area (Å²) in [5.74, 6) is 0. The van der Waals surface area contributed by atoms with Gasteiger partial charge in [0.25, 0.3) is 15.7 Å². The zero-order valence-corrected chi connectivity index (χ0v) is 14.9. The summed E-state index contributed by atoms with van der Waals surface area (Å²) in [6.45, 7) is 1.53. The monoisotopic (exact) mass is 393 g/mol. The highest BCUT2D eigenvalue weighted by Gasteiger charge is 2.21. The van der Waals surface area contributed by atoms with Gasteiger partial charge in [-0.15, -0.1) is 0 Å². The molecule has 0 bridgehead atoms. The van der Waals surface area contributed by atoms with Gasteiger partial charge in [-0.05, 0) is 31.2 Å². The van der Waals surface area contributed by atoms with E-state index in [0.29, 0.717) is 16.3 Å². The average Bonchev–Trinajstić information content (AvgIpc) is 3.08. The molecule has 0 aliphatic rings. The van der Waals surface area contributed by atoms with Crippen LogP contribution in [0.3, 0.4) is 0 Å². The lowest BCUT2D eigenvalue weighted by molar-refractivity contribution is -0.385. The lowest BCUT2D eigenvalue weighted by Crippen LogP contribution is -2.15. The van der Waals surface area contributed by atoms with Gasteiger partial charge in [0, 0.05) is 16.7 Å². The van der Waals surface area contributed by atoms with Crippen molar-refractivity contribution in [3.05, 3.63) is 69.8 Å². The van der Waals surface area contributed by atoms with Gasteiger partial charge in [0.1, 0.15) is 12.7 Å². The highest BCUT2D eigenvalue weighted by atomic mass is 35.5. The minimum absolute atomic E-state index is 0.159. The van der Waals surface area contributed by atoms with Crippen LogP contribution < -0.4 is 4.72 Å². The largest absolute Gasteiger partial charge is 0.277 e. The van der Waals surface area contributed by atoms with Crippen LogP contribution in [0.4, 0.5) is 11.4 Å². The molecule has 0 unspecified atom stereocenters. The van der Waals surface area contributed by atoms with Crippen LogP contribution >= 0.6 is 11.6 Å². The Balaban J connectivity index is 2.05. The first kappa shape index (κ1) is 17.8. The van der Waals surface area contributed by atoms with Gasteiger partial charge < -0.3 is 0 Å². The number of nitrogens with one attached hydrogen (secondary N) is 1. The second-order valence-corrected chi connectivity index (χ2v) is 7.43. The van der Waals surface area contributed by atoms with Gasteiger partial charge in [0.05, 0.1) is 21.2 Å². The lowest BCUT2D eigenvalue weighted by atomic mass is 10.2. The molecule has 3 rings (SSSR count). The van der Waals surface area contributed by atoms with E-state index in [0.717, 1.165) is 6.07 Å². The Labute approximate surface area is 153 Å². The van der Waals surface area contributed by atoms with Gasteiger partial charge in [0.15, 0.2) is 0 Å². The van der Waals surface area contributed by atoms with E-state index in [2.05, 4.69) is 14.8 Å². The van der Waals surface area contributed by atoms with Crippen LogP contribution in [-0.2, 0) is 10.0 Å². The third kappa shape index (κ3) is 3.51. The molecule has 1 aromatic heterocycles. The molecule has 0 radical (unpaired) electrons. The van der Waals surface area contributed by atoms with Crippen molar-refractivity contribution >= 4 is 33.0 Å². The van der Waals surface area contributed by atoms with E-state index in [1.165, 1.54) is 42.5 Å². The minimum Gasteiger partial charge on any atom is -0.277 e. The molecule has 0 saturated carbocycles. The molecule has 9 nitrogen and oxygen atoms in total. The molecular weight excluding hydrogens is 382 g/mol. The summed E-state index contributed by atoms with van der Waals surface area (Å²) in [5.41, 5.74) is 0.638. The molecule has 26 heavy (non-hydrogen) atoms. The number of nitrogens with zero attached hydrogens (tertiary/aromatic N) is 4. The standard InChI is InChI=1S/C15H12ClN5O4S/c1-10-2-4-12(7-15(10)21(22)23)26(24,25)19-13-6-11(16)3-5-14(13)20-9-17-8-18-20/h2-9,19H,1H3. The number of anilines is 1. The fraction of sp³-hybridized carbons (Fsp3) is 0.0667. The number of aromatic nitrogens is 3. The van der Waals surface area contributed by atoms with Crippen LogP contribution in [0.25, 0.3) is 5.69 Å². The van der Waals surface area contributed by atoms with Crippen molar-refractivity contribution in [2.24, 2.45) is 0 Å². The maximum atomic E-state index is 12.7. The van der Waals surface area contributed by atoms with Gasteiger partial charge >= 0.3 is 0 Å². The van der Waals surface area contributed by atoms with E-state index in [1.807, 2.05) is 0 Å². The summed E-state index contributed by atoms with van der Waals surface area (Å²) in [6.07, 6.45) is 2.70. The topological polar surface area (TPSA) is 120 Å². The van der Waals surface area contributed by atoms with Crippen molar-refractivity contribution < 1.29 is 13.3 Å². The van der Waals surface area contributed by atoms with Crippen LogP contribution in [0.15, 0.2) is 53.9 Å². The Morgan fingerprint density at radius 2 is 2.00 bits per heavy atom. The molecule has 1 N–H and O–H groups in total. The molecule has 0 amide bonds. The van der Waals surface area contributed by atoms with E-state index in [4.69, 9.17) is 11.6 Å². The average molecular weight is 394 g/mol. The quantitative estimate of drug-likeness (QED) is 0.525. The smallest absolute Gasteiger partial charge is 0.273 e. The number of rotatable bonds is 5. The lowest BCUT2D eigenvalue weighted by Gasteiger charge is -2.13. The minimum atomic E-state index is -4.09. The van der Waals surface area contributed by atoms with Gasteiger partial charge in [-0.25, -0.2) is 18.1 Å². The molecule has 0 fully saturated rings. The normalized spacial score (nSPS) is 11.3.